The molecular formula is C16H24N2O4S. The largest absolute Gasteiger partial charge is 0.465 e. The average Bonchev–Trinajstić information content (AvgIpc) is 2.88. The Morgan fingerprint density at radius 1 is 1.35 bits per heavy atom. The van der Waals surface area contributed by atoms with Crippen LogP contribution < -0.4 is 5.32 Å². The first kappa shape index (κ1) is 17.7. The molecule has 1 fully saturated rings. The monoisotopic (exact) mass is 340 g/mol. The number of hydrogen-bond acceptors (Lipinski definition) is 5. The van der Waals surface area contributed by atoms with Crippen LogP contribution in [0.3, 0.4) is 0 Å². The van der Waals surface area contributed by atoms with E-state index in [2.05, 4.69) is 12.2 Å². The number of hydrogen-bond donors (Lipinski definition) is 1. The molecule has 1 aromatic rings. The highest BCUT2D eigenvalue weighted by Gasteiger charge is 2.22. The van der Waals surface area contributed by atoms with Crippen molar-refractivity contribution < 1.29 is 19.1 Å². The second-order valence-electron chi connectivity index (χ2n) is 5.53. The van der Waals surface area contributed by atoms with Gasteiger partial charge >= 0.3 is 12.0 Å². The number of urea groups is 1. The zero-order chi connectivity index (χ0) is 16.7. The van der Waals surface area contributed by atoms with Crippen molar-refractivity contribution in [2.24, 2.45) is 0 Å². The Morgan fingerprint density at radius 2 is 2.17 bits per heavy atom. The first-order valence-corrected chi connectivity index (χ1v) is 8.92. The summed E-state index contributed by atoms with van der Waals surface area (Å²) >= 11 is 1.36. The molecule has 1 atom stereocenters. The zero-order valence-corrected chi connectivity index (χ0v) is 14.5. The van der Waals surface area contributed by atoms with E-state index in [-0.39, 0.29) is 12.1 Å². The Hall–Kier alpha value is -1.60. The minimum atomic E-state index is -0.439. The van der Waals surface area contributed by atoms with Crippen molar-refractivity contribution in [3.05, 3.63) is 16.3 Å². The van der Waals surface area contributed by atoms with Crippen LogP contribution in [0, 0.1) is 0 Å². The number of amides is 2. The lowest BCUT2D eigenvalue weighted by atomic mass is 10.2. The number of methoxy groups -OCH3 is 1. The summed E-state index contributed by atoms with van der Waals surface area (Å²) in [5.41, 5.74) is 0.903. The van der Waals surface area contributed by atoms with E-state index < -0.39 is 5.97 Å². The summed E-state index contributed by atoms with van der Waals surface area (Å²) in [5, 5.41) is 6.24. The Morgan fingerprint density at radius 3 is 2.91 bits per heavy atom. The van der Waals surface area contributed by atoms with Gasteiger partial charge in [0.25, 0.3) is 0 Å². The second-order valence-corrected chi connectivity index (χ2v) is 6.28. The number of carbonyl (C=O) groups is 2. The lowest BCUT2D eigenvalue weighted by Gasteiger charge is -2.21. The number of rotatable bonds is 5. The van der Waals surface area contributed by atoms with Crippen molar-refractivity contribution in [2.75, 3.05) is 32.1 Å². The normalized spacial score (nSPS) is 18.3. The molecule has 7 heteroatoms. The number of anilines is 1. The third-order valence-electron chi connectivity index (χ3n) is 3.83. The summed E-state index contributed by atoms with van der Waals surface area (Å²) in [6, 6.07) is -0.176. The number of ether oxygens (including phenoxy) is 2. The van der Waals surface area contributed by atoms with Gasteiger partial charge in [0.05, 0.1) is 24.5 Å². The smallest absolute Gasteiger partial charge is 0.340 e. The van der Waals surface area contributed by atoms with Gasteiger partial charge in [-0.05, 0) is 25.7 Å². The molecule has 2 amide bonds. The molecule has 0 aromatic carbocycles. The van der Waals surface area contributed by atoms with E-state index in [1.807, 2.05) is 0 Å². The van der Waals surface area contributed by atoms with E-state index >= 15 is 0 Å². The summed E-state index contributed by atoms with van der Waals surface area (Å²) in [4.78, 5) is 25.9. The standard InChI is InChI=1S/C16H24N2O4S/c1-3-9-22-12-5-4-7-18(8-6-12)16(20)17-14-11-23-10-13(14)15(19)21-2/h10-12H,3-9H2,1-2H3,(H,17,20)/t12-/m1/s1. The van der Waals surface area contributed by atoms with Crippen molar-refractivity contribution >= 4 is 29.0 Å². The van der Waals surface area contributed by atoms with E-state index in [0.717, 1.165) is 32.3 Å². The highest BCUT2D eigenvalue weighted by molar-refractivity contribution is 7.08. The van der Waals surface area contributed by atoms with Gasteiger partial charge < -0.3 is 19.7 Å². The van der Waals surface area contributed by atoms with Gasteiger partial charge in [0.15, 0.2) is 0 Å². The van der Waals surface area contributed by atoms with E-state index in [4.69, 9.17) is 9.47 Å². The maximum absolute atomic E-state index is 12.4. The molecule has 1 saturated heterocycles. The summed E-state index contributed by atoms with van der Waals surface area (Å²) < 4.78 is 10.5. The number of esters is 1. The van der Waals surface area contributed by atoms with Crippen molar-refractivity contribution in [1.82, 2.24) is 4.90 Å². The van der Waals surface area contributed by atoms with Crippen LogP contribution in [-0.2, 0) is 9.47 Å². The molecule has 0 saturated carbocycles. The van der Waals surface area contributed by atoms with Crippen LogP contribution in [0.2, 0.25) is 0 Å². The number of likely N-dealkylation sites (tertiary alicyclic amines) is 1. The highest BCUT2D eigenvalue weighted by atomic mass is 32.1. The molecule has 1 aliphatic rings. The Kier molecular flexibility index (Phi) is 6.85. The van der Waals surface area contributed by atoms with Crippen LogP contribution in [0.15, 0.2) is 10.8 Å². The zero-order valence-electron chi connectivity index (χ0n) is 13.7. The molecule has 0 radical (unpaired) electrons. The van der Waals surface area contributed by atoms with Crippen LogP contribution in [0.4, 0.5) is 10.5 Å². The molecule has 2 rings (SSSR count). The van der Waals surface area contributed by atoms with Crippen LogP contribution in [0.1, 0.15) is 43.0 Å². The van der Waals surface area contributed by atoms with Gasteiger partial charge in [-0.2, -0.15) is 0 Å². The van der Waals surface area contributed by atoms with Gasteiger partial charge in [0.1, 0.15) is 0 Å². The molecule has 0 bridgehead atoms. The van der Waals surface area contributed by atoms with Crippen LogP contribution in [0.5, 0.6) is 0 Å². The van der Waals surface area contributed by atoms with Gasteiger partial charge in [-0.1, -0.05) is 6.92 Å². The predicted octanol–water partition coefficient (Wildman–Crippen LogP) is 3.35. The second kappa shape index (κ2) is 8.88. The van der Waals surface area contributed by atoms with E-state index in [1.54, 1.807) is 15.7 Å². The molecule has 0 spiro atoms. The number of nitrogens with one attached hydrogen (secondary N) is 1. The van der Waals surface area contributed by atoms with Crippen LogP contribution in [0.25, 0.3) is 0 Å². The van der Waals surface area contributed by atoms with Gasteiger partial charge in [-0.3, -0.25) is 0 Å². The number of carbonyl (C=O) groups excluding carboxylic acids is 2. The maximum atomic E-state index is 12.4. The first-order valence-electron chi connectivity index (χ1n) is 7.97. The van der Waals surface area contributed by atoms with Crippen LogP contribution >= 0.6 is 11.3 Å². The Labute approximate surface area is 140 Å². The van der Waals surface area contributed by atoms with Crippen LogP contribution in [-0.4, -0.2) is 49.8 Å². The fourth-order valence-corrected chi connectivity index (χ4v) is 3.33. The Balaban J connectivity index is 1.91. The highest BCUT2D eigenvalue weighted by Crippen LogP contribution is 2.23. The van der Waals surface area contributed by atoms with E-state index in [0.29, 0.717) is 24.3 Å². The predicted molar refractivity (Wildman–Crippen MR) is 90.1 cm³/mol. The van der Waals surface area contributed by atoms with Crippen molar-refractivity contribution in [3.63, 3.8) is 0 Å². The SMILES string of the molecule is CCCO[C@@H]1CCCN(C(=O)Nc2cscc2C(=O)OC)CC1. The van der Waals surface area contributed by atoms with Crippen molar-refractivity contribution in [3.8, 4) is 0 Å². The molecule has 0 unspecified atom stereocenters. The quantitative estimate of drug-likeness (QED) is 0.835. The van der Waals surface area contributed by atoms with Crippen molar-refractivity contribution in [2.45, 2.75) is 38.7 Å². The summed E-state index contributed by atoms with van der Waals surface area (Å²) in [7, 11) is 1.33. The van der Waals surface area contributed by atoms with Gasteiger partial charge in [0.2, 0.25) is 0 Å². The van der Waals surface area contributed by atoms with Gasteiger partial charge in [0, 0.05) is 30.5 Å². The topological polar surface area (TPSA) is 67.9 Å². The maximum Gasteiger partial charge on any atom is 0.340 e. The third-order valence-corrected chi connectivity index (χ3v) is 4.57. The number of nitrogens with zero attached hydrogens (tertiary/aromatic N) is 1. The minimum Gasteiger partial charge on any atom is -0.465 e. The molecule has 2 heterocycles. The average molecular weight is 340 g/mol. The molecule has 1 N–H and O–H groups in total. The molecule has 23 heavy (non-hydrogen) atoms. The summed E-state index contributed by atoms with van der Waals surface area (Å²) in [5.74, 6) is -0.439. The third kappa shape index (κ3) is 4.94. The summed E-state index contributed by atoms with van der Waals surface area (Å²) in [6.45, 7) is 4.23. The van der Waals surface area contributed by atoms with Gasteiger partial charge in [-0.15, -0.1) is 11.3 Å². The van der Waals surface area contributed by atoms with E-state index in [1.165, 1.54) is 18.4 Å². The molecular weight excluding hydrogens is 316 g/mol. The molecule has 6 nitrogen and oxygen atoms in total. The Bertz CT molecular complexity index is 532. The molecule has 128 valence electrons. The fraction of sp³-hybridized carbons (Fsp3) is 0.625. The minimum absolute atomic E-state index is 0.176. The van der Waals surface area contributed by atoms with Crippen molar-refractivity contribution in [1.29, 1.82) is 0 Å². The van der Waals surface area contributed by atoms with E-state index in [9.17, 15) is 9.59 Å². The lowest BCUT2D eigenvalue weighted by Crippen LogP contribution is -2.36. The summed E-state index contributed by atoms with van der Waals surface area (Å²) in [6.07, 6.45) is 4.00. The lowest BCUT2D eigenvalue weighted by molar-refractivity contribution is 0.0446. The molecule has 1 aliphatic heterocycles. The number of thiophene rings is 1. The molecule has 0 aliphatic carbocycles. The molecule has 1 aromatic heterocycles. The van der Waals surface area contributed by atoms with Gasteiger partial charge in [-0.25, -0.2) is 9.59 Å². The fourth-order valence-electron chi connectivity index (χ4n) is 2.58. The first-order chi connectivity index (χ1) is 11.2.